The first kappa shape index (κ1) is 27.4. The van der Waals surface area contributed by atoms with Gasteiger partial charge in [0.15, 0.2) is 29.5 Å². The molecule has 0 radical (unpaired) electrons. The van der Waals surface area contributed by atoms with E-state index in [1.807, 2.05) is 0 Å². The summed E-state index contributed by atoms with van der Waals surface area (Å²) in [5, 5.41) is 0.0540. The standard InChI is InChI=1S/C27H28O10/c1-5-10-34-22-11-17(8-9-20(22)31-4)21-14-19(30)27-23(36-21)12-18(35-25(15-28)32-6-2)13-24(27)37-26(16-29)33-7-3/h5,8-9,11-16,25-26H,1,6-7,10H2,2-4H3. The first-order valence-electron chi connectivity index (χ1n) is 11.5. The van der Waals surface area contributed by atoms with Crippen molar-refractivity contribution < 1.29 is 42.4 Å². The lowest BCUT2D eigenvalue weighted by Gasteiger charge is -2.18. The van der Waals surface area contributed by atoms with E-state index in [-0.39, 0.29) is 48.0 Å². The maximum Gasteiger partial charge on any atom is 0.256 e. The minimum atomic E-state index is -1.28. The van der Waals surface area contributed by atoms with Crippen LogP contribution in [-0.4, -0.2) is 52.1 Å². The van der Waals surface area contributed by atoms with Gasteiger partial charge in [0.2, 0.25) is 0 Å². The predicted molar refractivity (Wildman–Crippen MR) is 134 cm³/mol. The van der Waals surface area contributed by atoms with Crippen LogP contribution < -0.4 is 24.4 Å². The molecule has 0 saturated heterocycles. The second-order valence-electron chi connectivity index (χ2n) is 7.39. The van der Waals surface area contributed by atoms with E-state index in [4.69, 9.17) is 32.8 Å². The molecule has 0 amide bonds. The molecule has 0 aliphatic rings. The third-order valence-electron chi connectivity index (χ3n) is 4.95. The lowest BCUT2D eigenvalue weighted by molar-refractivity contribution is -0.136. The molecule has 0 spiro atoms. The number of carbonyl (C=O) groups is 2. The van der Waals surface area contributed by atoms with Crippen molar-refractivity contribution in [1.82, 2.24) is 0 Å². The molecule has 3 aromatic rings. The van der Waals surface area contributed by atoms with Gasteiger partial charge >= 0.3 is 0 Å². The molecule has 2 atom stereocenters. The number of rotatable bonds is 15. The van der Waals surface area contributed by atoms with Crippen LogP contribution in [0.2, 0.25) is 0 Å². The van der Waals surface area contributed by atoms with Crippen LogP contribution in [-0.2, 0) is 19.1 Å². The number of fused-ring (bicyclic) bond motifs is 1. The van der Waals surface area contributed by atoms with Crippen molar-refractivity contribution in [3.63, 3.8) is 0 Å². The van der Waals surface area contributed by atoms with Crippen molar-refractivity contribution >= 4 is 23.5 Å². The molecule has 10 nitrogen and oxygen atoms in total. The molecule has 0 fully saturated rings. The summed E-state index contributed by atoms with van der Waals surface area (Å²) in [5.41, 5.74) is 0.176. The Hall–Kier alpha value is -4.15. The fraction of sp³-hybridized carbons (Fsp3) is 0.296. The van der Waals surface area contributed by atoms with E-state index in [1.165, 1.54) is 25.3 Å². The molecule has 0 aliphatic heterocycles. The van der Waals surface area contributed by atoms with E-state index in [1.54, 1.807) is 38.1 Å². The number of methoxy groups -OCH3 is 1. The number of aldehydes is 2. The van der Waals surface area contributed by atoms with Gasteiger partial charge in [0, 0.05) is 37.0 Å². The van der Waals surface area contributed by atoms with Crippen LogP contribution in [0.15, 0.2) is 58.3 Å². The Balaban J connectivity index is 2.16. The lowest BCUT2D eigenvalue weighted by Crippen LogP contribution is -2.24. The minimum absolute atomic E-state index is 0.0239. The summed E-state index contributed by atoms with van der Waals surface area (Å²) >= 11 is 0. The van der Waals surface area contributed by atoms with Crippen LogP contribution in [0.5, 0.6) is 23.0 Å². The van der Waals surface area contributed by atoms with Crippen molar-refractivity contribution in [2.24, 2.45) is 0 Å². The zero-order valence-corrected chi connectivity index (χ0v) is 20.8. The predicted octanol–water partition coefficient (Wildman–Crippen LogP) is 3.91. The molecule has 0 aliphatic carbocycles. The monoisotopic (exact) mass is 512 g/mol. The SMILES string of the molecule is C=CCOc1cc(-c2cc(=O)c3c(OC(C=O)OCC)cc(OC(C=O)OCC)cc3o2)ccc1OC. The summed E-state index contributed by atoms with van der Waals surface area (Å²) in [6.07, 6.45) is 0.0505. The van der Waals surface area contributed by atoms with E-state index >= 15 is 0 Å². The molecule has 196 valence electrons. The van der Waals surface area contributed by atoms with Crippen LogP contribution >= 0.6 is 0 Å². The Morgan fingerprint density at radius 3 is 2.24 bits per heavy atom. The zero-order valence-electron chi connectivity index (χ0n) is 20.8. The average molecular weight is 513 g/mol. The maximum atomic E-state index is 13.2. The summed E-state index contributed by atoms with van der Waals surface area (Å²) < 4.78 is 38.8. The van der Waals surface area contributed by atoms with Gasteiger partial charge in [-0.3, -0.25) is 14.4 Å². The normalized spacial score (nSPS) is 12.4. The minimum Gasteiger partial charge on any atom is -0.493 e. The number of ether oxygens (including phenoxy) is 6. The van der Waals surface area contributed by atoms with Crippen molar-refractivity contribution in [3.8, 4) is 34.3 Å². The Kier molecular flexibility index (Phi) is 9.82. The summed E-state index contributed by atoms with van der Waals surface area (Å²) in [6.45, 7) is 7.71. The molecule has 1 heterocycles. The molecule has 2 aromatic carbocycles. The first-order chi connectivity index (χ1) is 18.0. The fourth-order valence-corrected chi connectivity index (χ4v) is 3.41. The van der Waals surface area contributed by atoms with Gasteiger partial charge in [-0.2, -0.15) is 0 Å². The van der Waals surface area contributed by atoms with Gasteiger partial charge in [-0.1, -0.05) is 12.7 Å². The lowest BCUT2D eigenvalue weighted by atomic mass is 10.1. The second kappa shape index (κ2) is 13.2. The van der Waals surface area contributed by atoms with E-state index < -0.39 is 18.0 Å². The summed E-state index contributed by atoms with van der Waals surface area (Å²) in [4.78, 5) is 36.0. The van der Waals surface area contributed by atoms with Crippen LogP contribution in [0.4, 0.5) is 0 Å². The topological polar surface area (TPSA) is 120 Å². The van der Waals surface area contributed by atoms with Gasteiger partial charge in [0.1, 0.15) is 34.8 Å². The Morgan fingerprint density at radius 2 is 1.62 bits per heavy atom. The number of carbonyl (C=O) groups excluding carboxylic acids is 2. The summed E-state index contributed by atoms with van der Waals surface area (Å²) in [7, 11) is 1.51. The van der Waals surface area contributed by atoms with Gasteiger partial charge in [-0.05, 0) is 32.0 Å². The number of benzene rings is 2. The molecular weight excluding hydrogens is 484 g/mol. The van der Waals surface area contributed by atoms with Gasteiger partial charge in [-0.15, -0.1) is 0 Å². The summed E-state index contributed by atoms with van der Waals surface area (Å²) in [5.74, 6) is 1.23. The first-order valence-corrected chi connectivity index (χ1v) is 11.5. The third-order valence-corrected chi connectivity index (χ3v) is 4.95. The highest BCUT2D eigenvalue weighted by Crippen LogP contribution is 2.36. The molecule has 10 heteroatoms. The molecule has 0 N–H and O–H groups in total. The highest BCUT2D eigenvalue weighted by atomic mass is 16.7. The molecule has 0 bridgehead atoms. The zero-order chi connectivity index (χ0) is 26.8. The molecular formula is C27H28O10. The van der Waals surface area contributed by atoms with E-state index in [0.717, 1.165) is 0 Å². The van der Waals surface area contributed by atoms with Crippen molar-refractivity contribution in [2.45, 2.75) is 26.4 Å². The fourth-order valence-electron chi connectivity index (χ4n) is 3.41. The van der Waals surface area contributed by atoms with Crippen LogP contribution in [0.25, 0.3) is 22.3 Å². The van der Waals surface area contributed by atoms with Crippen LogP contribution in [0, 0.1) is 0 Å². The van der Waals surface area contributed by atoms with Crippen molar-refractivity contribution in [3.05, 3.63) is 59.3 Å². The number of hydrogen-bond acceptors (Lipinski definition) is 10. The Labute approximate surface area is 213 Å². The molecule has 0 saturated carbocycles. The number of hydrogen-bond donors (Lipinski definition) is 0. The van der Waals surface area contributed by atoms with E-state index in [0.29, 0.717) is 29.6 Å². The van der Waals surface area contributed by atoms with Crippen molar-refractivity contribution in [2.75, 3.05) is 26.9 Å². The van der Waals surface area contributed by atoms with Gasteiger partial charge in [0.25, 0.3) is 12.6 Å². The largest absolute Gasteiger partial charge is 0.493 e. The Morgan fingerprint density at radius 1 is 0.919 bits per heavy atom. The quantitative estimate of drug-likeness (QED) is 0.168. The molecule has 3 rings (SSSR count). The van der Waals surface area contributed by atoms with Gasteiger partial charge < -0.3 is 32.8 Å². The molecule has 1 aromatic heterocycles. The smallest absolute Gasteiger partial charge is 0.256 e. The van der Waals surface area contributed by atoms with Gasteiger partial charge in [0.05, 0.1) is 7.11 Å². The average Bonchev–Trinajstić information content (AvgIpc) is 2.90. The highest BCUT2D eigenvalue weighted by molar-refractivity contribution is 5.87. The van der Waals surface area contributed by atoms with Crippen molar-refractivity contribution in [1.29, 1.82) is 0 Å². The maximum absolute atomic E-state index is 13.2. The second-order valence-corrected chi connectivity index (χ2v) is 7.39. The van der Waals surface area contributed by atoms with E-state index in [2.05, 4.69) is 6.58 Å². The highest BCUT2D eigenvalue weighted by Gasteiger charge is 2.20. The molecule has 2 unspecified atom stereocenters. The van der Waals surface area contributed by atoms with Gasteiger partial charge in [-0.25, -0.2) is 0 Å². The third kappa shape index (κ3) is 6.75. The van der Waals surface area contributed by atoms with E-state index in [9.17, 15) is 14.4 Å². The Bertz CT molecular complexity index is 1300. The van der Waals surface area contributed by atoms with Crippen LogP contribution in [0.3, 0.4) is 0 Å². The van der Waals surface area contributed by atoms with Crippen LogP contribution in [0.1, 0.15) is 13.8 Å². The molecule has 37 heavy (non-hydrogen) atoms. The summed E-state index contributed by atoms with van der Waals surface area (Å²) in [6, 6.07) is 9.13.